The number of ether oxygens (including phenoxy) is 1. The molecule has 1 amide bonds. The normalized spacial score (nSPS) is 12.4. The zero-order chi connectivity index (χ0) is 21.0. The number of nitrogens with one attached hydrogen (secondary N) is 1. The fourth-order valence-electron chi connectivity index (χ4n) is 3.13. The second-order valence-corrected chi connectivity index (χ2v) is 8.37. The third-order valence-electron chi connectivity index (χ3n) is 4.32. The molecule has 0 atom stereocenters. The van der Waals surface area contributed by atoms with Gasteiger partial charge in [-0.1, -0.05) is 17.8 Å². The van der Waals surface area contributed by atoms with Gasteiger partial charge in [-0.2, -0.15) is 4.98 Å². The van der Waals surface area contributed by atoms with Crippen LogP contribution in [0.5, 0.6) is 0 Å². The number of esters is 1. The number of fused-ring (bicyclic) bond motifs is 1. The Balaban J connectivity index is 1.75. The van der Waals surface area contributed by atoms with Crippen LogP contribution in [0.25, 0.3) is 0 Å². The molecule has 3 N–H and O–H groups in total. The van der Waals surface area contributed by atoms with Crippen LogP contribution in [0.3, 0.4) is 0 Å². The van der Waals surface area contributed by atoms with Gasteiger partial charge in [-0.3, -0.25) is 9.59 Å². The van der Waals surface area contributed by atoms with Crippen LogP contribution in [0.15, 0.2) is 28.7 Å². The Labute approximate surface area is 176 Å². The third-order valence-corrected chi connectivity index (χ3v) is 6.50. The Morgan fingerprint density at radius 2 is 2.28 bits per heavy atom. The summed E-state index contributed by atoms with van der Waals surface area (Å²) in [7, 11) is 0. The van der Waals surface area contributed by atoms with Gasteiger partial charge in [0.2, 0.25) is 5.91 Å². The Morgan fingerprint density at radius 1 is 1.48 bits per heavy atom. The van der Waals surface area contributed by atoms with Crippen LogP contribution >= 0.6 is 23.1 Å². The molecule has 2 aromatic rings. The van der Waals surface area contributed by atoms with E-state index in [1.165, 1.54) is 17.4 Å². The lowest BCUT2D eigenvalue weighted by molar-refractivity contribution is -0.113. The fraction of sp³-hybridized carbons (Fsp3) is 0.368. The number of allylic oxidation sites excluding steroid dienone is 1. The molecule has 3 rings (SSSR count). The van der Waals surface area contributed by atoms with Gasteiger partial charge in [0, 0.05) is 17.5 Å². The van der Waals surface area contributed by atoms with E-state index in [2.05, 4.69) is 16.9 Å². The molecule has 0 spiro atoms. The van der Waals surface area contributed by atoms with Crippen molar-refractivity contribution in [2.24, 2.45) is 0 Å². The summed E-state index contributed by atoms with van der Waals surface area (Å²) in [6.07, 6.45) is 4.34. The first-order valence-electron chi connectivity index (χ1n) is 9.17. The number of aromatic nitrogens is 2. The van der Waals surface area contributed by atoms with Crippen LogP contribution in [0.1, 0.15) is 34.1 Å². The molecule has 0 saturated carbocycles. The van der Waals surface area contributed by atoms with E-state index in [0.29, 0.717) is 22.3 Å². The molecular weight excluding hydrogens is 412 g/mol. The topological polar surface area (TPSA) is 116 Å². The number of nitrogens with zero attached hydrogens (tertiary/aromatic N) is 2. The summed E-state index contributed by atoms with van der Waals surface area (Å²) < 4.78 is 6.78. The third kappa shape index (κ3) is 4.70. The van der Waals surface area contributed by atoms with Gasteiger partial charge in [0.25, 0.3) is 5.56 Å². The van der Waals surface area contributed by atoms with Crippen LogP contribution in [-0.2, 0) is 28.9 Å². The summed E-state index contributed by atoms with van der Waals surface area (Å²) in [5, 5.41) is 3.68. The van der Waals surface area contributed by atoms with Crippen LogP contribution < -0.4 is 16.6 Å². The summed E-state index contributed by atoms with van der Waals surface area (Å²) in [4.78, 5) is 41.7. The Kier molecular flexibility index (Phi) is 6.75. The van der Waals surface area contributed by atoms with E-state index in [0.717, 1.165) is 41.5 Å². The standard InChI is InChI=1S/C19H22N4O4S2/c1-3-8-23-13(20)9-14(24)22-19(23)28-10-15(25)21-17-16(18(26)27-4-2)11-6-5-7-12(11)29-17/h3,9H,1,4-8,10,20H2,2H3,(H,21,25). The number of aryl methyl sites for hydroxylation is 1. The van der Waals surface area contributed by atoms with E-state index < -0.39 is 11.5 Å². The van der Waals surface area contributed by atoms with Crippen LogP contribution in [-0.4, -0.2) is 33.8 Å². The minimum Gasteiger partial charge on any atom is -0.462 e. The molecule has 0 aromatic carbocycles. The lowest BCUT2D eigenvalue weighted by Crippen LogP contribution is -2.20. The second-order valence-electron chi connectivity index (χ2n) is 6.32. The quantitative estimate of drug-likeness (QED) is 0.284. The summed E-state index contributed by atoms with van der Waals surface area (Å²) in [6, 6.07) is 1.23. The van der Waals surface area contributed by atoms with Gasteiger partial charge in [-0.25, -0.2) is 4.79 Å². The molecule has 0 aliphatic heterocycles. The van der Waals surface area contributed by atoms with Gasteiger partial charge < -0.3 is 20.4 Å². The van der Waals surface area contributed by atoms with Crippen molar-refractivity contribution < 1.29 is 14.3 Å². The molecule has 154 valence electrons. The minimum atomic E-state index is -0.468. The van der Waals surface area contributed by atoms with E-state index in [9.17, 15) is 14.4 Å². The van der Waals surface area contributed by atoms with Gasteiger partial charge in [-0.05, 0) is 31.7 Å². The predicted molar refractivity (Wildman–Crippen MR) is 115 cm³/mol. The van der Waals surface area contributed by atoms with E-state index in [1.807, 2.05) is 0 Å². The van der Waals surface area contributed by atoms with Crippen molar-refractivity contribution in [1.29, 1.82) is 0 Å². The number of hydrogen-bond acceptors (Lipinski definition) is 8. The number of thiophene rings is 1. The molecule has 0 bridgehead atoms. The zero-order valence-corrected chi connectivity index (χ0v) is 17.7. The van der Waals surface area contributed by atoms with E-state index >= 15 is 0 Å². The second kappa shape index (κ2) is 9.27. The van der Waals surface area contributed by atoms with Crippen molar-refractivity contribution in [3.05, 3.63) is 45.1 Å². The molecule has 2 aromatic heterocycles. The van der Waals surface area contributed by atoms with Crippen LogP contribution in [0.2, 0.25) is 0 Å². The predicted octanol–water partition coefficient (Wildman–Crippen LogP) is 2.47. The first kappa shape index (κ1) is 21.1. The number of nitrogens with two attached hydrogens (primary N) is 1. The van der Waals surface area contributed by atoms with Crippen molar-refractivity contribution in [3.63, 3.8) is 0 Å². The van der Waals surface area contributed by atoms with Gasteiger partial charge in [0.1, 0.15) is 10.8 Å². The number of amides is 1. The van der Waals surface area contributed by atoms with Crippen molar-refractivity contribution >= 4 is 45.8 Å². The van der Waals surface area contributed by atoms with Crippen LogP contribution in [0, 0.1) is 0 Å². The average molecular weight is 435 g/mol. The molecule has 10 heteroatoms. The molecule has 2 heterocycles. The number of hydrogen-bond donors (Lipinski definition) is 2. The number of nitrogen functional groups attached to an aromatic ring is 1. The smallest absolute Gasteiger partial charge is 0.341 e. The first-order chi connectivity index (χ1) is 13.9. The van der Waals surface area contributed by atoms with Crippen molar-refractivity contribution in [2.75, 3.05) is 23.4 Å². The summed E-state index contributed by atoms with van der Waals surface area (Å²) >= 11 is 2.52. The summed E-state index contributed by atoms with van der Waals surface area (Å²) in [5.74, 6) is -0.445. The number of anilines is 2. The Hall–Kier alpha value is -2.59. The molecule has 1 aliphatic carbocycles. The molecular formula is C19H22N4O4S2. The molecule has 0 unspecified atom stereocenters. The van der Waals surface area contributed by atoms with E-state index in [1.54, 1.807) is 17.6 Å². The Morgan fingerprint density at radius 3 is 3.00 bits per heavy atom. The number of carbonyl (C=O) groups excluding carboxylic acids is 2. The molecule has 0 radical (unpaired) electrons. The maximum absolute atomic E-state index is 12.5. The summed E-state index contributed by atoms with van der Waals surface area (Å²) in [6.45, 7) is 6.06. The molecule has 0 fully saturated rings. The van der Waals surface area contributed by atoms with Crippen LogP contribution in [0.4, 0.5) is 10.8 Å². The zero-order valence-electron chi connectivity index (χ0n) is 16.0. The lowest BCUT2D eigenvalue weighted by Gasteiger charge is -2.12. The largest absolute Gasteiger partial charge is 0.462 e. The van der Waals surface area contributed by atoms with Gasteiger partial charge in [-0.15, -0.1) is 17.9 Å². The molecule has 1 aliphatic rings. The number of rotatable bonds is 8. The SMILES string of the molecule is C=CCn1c(N)cc(=O)nc1SCC(=O)Nc1sc2c(c1C(=O)OCC)CCC2. The van der Waals surface area contributed by atoms with E-state index in [-0.39, 0.29) is 24.1 Å². The minimum absolute atomic E-state index is 0.0118. The van der Waals surface area contributed by atoms with Gasteiger partial charge in [0.15, 0.2) is 5.16 Å². The maximum Gasteiger partial charge on any atom is 0.341 e. The molecule has 29 heavy (non-hydrogen) atoms. The highest BCUT2D eigenvalue weighted by atomic mass is 32.2. The monoisotopic (exact) mass is 434 g/mol. The lowest BCUT2D eigenvalue weighted by atomic mass is 10.1. The molecule has 0 saturated heterocycles. The average Bonchev–Trinajstić information content (AvgIpc) is 3.23. The van der Waals surface area contributed by atoms with Crippen molar-refractivity contribution in [2.45, 2.75) is 37.9 Å². The van der Waals surface area contributed by atoms with Gasteiger partial charge >= 0.3 is 5.97 Å². The Bertz CT molecular complexity index is 1010. The van der Waals surface area contributed by atoms with Crippen molar-refractivity contribution in [1.82, 2.24) is 9.55 Å². The fourth-order valence-corrected chi connectivity index (χ4v) is 5.25. The summed E-state index contributed by atoms with van der Waals surface area (Å²) in [5.41, 5.74) is 6.85. The van der Waals surface area contributed by atoms with E-state index in [4.69, 9.17) is 10.5 Å². The molecule has 8 nitrogen and oxygen atoms in total. The van der Waals surface area contributed by atoms with Crippen molar-refractivity contribution in [3.8, 4) is 0 Å². The highest BCUT2D eigenvalue weighted by Crippen LogP contribution is 2.39. The highest BCUT2D eigenvalue weighted by molar-refractivity contribution is 7.99. The number of thioether (sulfide) groups is 1. The first-order valence-corrected chi connectivity index (χ1v) is 11.0. The highest BCUT2D eigenvalue weighted by Gasteiger charge is 2.28. The van der Waals surface area contributed by atoms with Gasteiger partial charge in [0.05, 0.1) is 17.9 Å². The number of carbonyl (C=O) groups is 2. The maximum atomic E-state index is 12.5.